The lowest BCUT2D eigenvalue weighted by atomic mass is 10.0. The van der Waals surface area contributed by atoms with Gasteiger partial charge in [-0.25, -0.2) is 5.01 Å². The Labute approximate surface area is 186 Å². The predicted octanol–water partition coefficient (Wildman–Crippen LogP) is 2.28. The van der Waals surface area contributed by atoms with Crippen molar-refractivity contribution in [2.75, 3.05) is 21.3 Å². The minimum atomic E-state index is -1.00. The zero-order valence-corrected chi connectivity index (χ0v) is 18.5. The highest BCUT2D eigenvalue weighted by molar-refractivity contribution is 6.04. The number of nitrogens with one attached hydrogen (secondary N) is 1. The maximum Gasteiger partial charge on any atom is 0.321 e. The molecule has 0 bridgehead atoms. The van der Waals surface area contributed by atoms with E-state index in [0.717, 1.165) is 5.56 Å². The first-order chi connectivity index (χ1) is 15.4. The van der Waals surface area contributed by atoms with Gasteiger partial charge in [0.25, 0.3) is 0 Å². The Morgan fingerprint density at radius 3 is 2.25 bits per heavy atom. The van der Waals surface area contributed by atoms with Gasteiger partial charge in [-0.15, -0.1) is 0 Å². The van der Waals surface area contributed by atoms with Crippen LogP contribution in [0.2, 0.25) is 0 Å². The molecule has 2 aromatic carbocycles. The molecule has 0 aliphatic carbocycles. The molecule has 0 unspecified atom stereocenters. The lowest BCUT2D eigenvalue weighted by Crippen LogP contribution is -2.51. The van der Waals surface area contributed by atoms with Crippen LogP contribution in [-0.4, -0.2) is 61.2 Å². The molecule has 2 aromatic rings. The van der Waals surface area contributed by atoms with Crippen molar-refractivity contribution in [3.63, 3.8) is 0 Å². The fourth-order valence-electron chi connectivity index (χ4n) is 3.65. The van der Waals surface area contributed by atoms with E-state index in [1.54, 1.807) is 12.1 Å². The van der Waals surface area contributed by atoms with Crippen molar-refractivity contribution >= 4 is 17.6 Å². The Bertz CT molecular complexity index is 983. The number of nitrogens with zero attached hydrogens (tertiary/aromatic N) is 2. The highest BCUT2D eigenvalue weighted by atomic mass is 16.5. The number of carbonyl (C=O) groups is 2. The predicted molar refractivity (Wildman–Crippen MR) is 118 cm³/mol. The Morgan fingerprint density at radius 1 is 1.12 bits per heavy atom. The van der Waals surface area contributed by atoms with Gasteiger partial charge in [-0.2, -0.15) is 5.10 Å². The number of rotatable bonds is 9. The summed E-state index contributed by atoms with van der Waals surface area (Å²) in [6.07, 6.45) is -0.0132. The van der Waals surface area contributed by atoms with Crippen molar-refractivity contribution in [1.29, 1.82) is 0 Å². The summed E-state index contributed by atoms with van der Waals surface area (Å²) >= 11 is 0. The van der Waals surface area contributed by atoms with Crippen molar-refractivity contribution < 1.29 is 28.9 Å². The third-order valence-corrected chi connectivity index (χ3v) is 5.21. The maximum atomic E-state index is 12.3. The summed E-state index contributed by atoms with van der Waals surface area (Å²) in [4.78, 5) is 24.2. The SMILES string of the molecule is COc1cc(C2=NN(C(C)=O)[C@@H](N[C@H](Cc3ccccc3)C(=O)O)C2)cc(OC)c1OC. The van der Waals surface area contributed by atoms with Gasteiger partial charge in [-0.3, -0.25) is 14.9 Å². The van der Waals surface area contributed by atoms with Crippen LogP contribution >= 0.6 is 0 Å². The molecule has 32 heavy (non-hydrogen) atoms. The minimum Gasteiger partial charge on any atom is -0.493 e. The second-order valence-electron chi connectivity index (χ2n) is 7.29. The molecule has 1 heterocycles. The Balaban J connectivity index is 1.87. The molecule has 170 valence electrons. The normalized spacial score (nSPS) is 16.3. The van der Waals surface area contributed by atoms with Crippen molar-refractivity contribution in [2.45, 2.75) is 32.0 Å². The van der Waals surface area contributed by atoms with Gasteiger partial charge in [0, 0.05) is 18.9 Å². The number of methoxy groups -OCH3 is 3. The average molecular weight is 441 g/mol. The second kappa shape index (κ2) is 10.1. The highest BCUT2D eigenvalue weighted by Crippen LogP contribution is 2.39. The van der Waals surface area contributed by atoms with E-state index in [1.807, 2.05) is 30.3 Å². The summed E-state index contributed by atoms with van der Waals surface area (Å²) < 4.78 is 16.2. The molecule has 0 radical (unpaired) electrons. The van der Waals surface area contributed by atoms with E-state index in [0.29, 0.717) is 34.9 Å². The van der Waals surface area contributed by atoms with Gasteiger partial charge in [0.15, 0.2) is 11.5 Å². The molecule has 1 aliphatic heterocycles. The van der Waals surface area contributed by atoms with Crippen LogP contribution in [0.1, 0.15) is 24.5 Å². The van der Waals surface area contributed by atoms with E-state index in [9.17, 15) is 14.7 Å². The van der Waals surface area contributed by atoms with Crippen molar-refractivity contribution in [2.24, 2.45) is 5.10 Å². The van der Waals surface area contributed by atoms with Gasteiger partial charge >= 0.3 is 5.97 Å². The Morgan fingerprint density at radius 2 is 1.75 bits per heavy atom. The quantitative estimate of drug-likeness (QED) is 0.614. The standard InChI is InChI=1S/C23H27N3O6/c1-14(27)26-21(24-18(23(28)29)10-15-8-6-5-7-9-15)13-17(25-26)16-11-19(30-2)22(32-4)20(12-16)31-3/h5-9,11-12,18,21,24H,10,13H2,1-4H3,(H,28,29)/t18-,21-/m1/s1. The number of carboxylic acid groups (broad SMARTS) is 1. The maximum absolute atomic E-state index is 12.3. The summed E-state index contributed by atoms with van der Waals surface area (Å²) in [5.74, 6) is 0.0716. The van der Waals surface area contributed by atoms with E-state index in [4.69, 9.17) is 14.2 Å². The van der Waals surface area contributed by atoms with Gasteiger partial charge in [-0.05, 0) is 24.1 Å². The largest absolute Gasteiger partial charge is 0.493 e. The van der Waals surface area contributed by atoms with Gasteiger partial charge < -0.3 is 19.3 Å². The minimum absolute atomic E-state index is 0.276. The number of amides is 1. The molecule has 2 N–H and O–H groups in total. The number of benzene rings is 2. The Kier molecular flexibility index (Phi) is 7.32. The van der Waals surface area contributed by atoms with Crippen LogP contribution in [0, 0.1) is 0 Å². The summed E-state index contributed by atoms with van der Waals surface area (Å²) in [5, 5.41) is 18.6. The number of hydrazone groups is 1. The molecule has 0 saturated carbocycles. The first-order valence-corrected chi connectivity index (χ1v) is 10.1. The fraction of sp³-hybridized carbons (Fsp3) is 0.348. The molecule has 3 rings (SSSR count). The highest BCUT2D eigenvalue weighted by Gasteiger charge is 2.34. The molecule has 0 saturated heterocycles. The van der Waals surface area contributed by atoms with Crippen LogP contribution in [0.25, 0.3) is 0 Å². The van der Waals surface area contributed by atoms with E-state index >= 15 is 0 Å². The third-order valence-electron chi connectivity index (χ3n) is 5.21. The lowest BCUT2D eigenvalue weighted by Gasteiger charge is -2.25. The van der Waals surface area contributed by atoms with Gasteiger partial charge in [0.1, 0.15) is 12.2 Å². The topological polar surface area (TPSA) is 110 Å². The van der Waals surface area contributed by atoms with Crippen molar-refractivity contribution in [1.82, 2.24) is 10.3 Å². The molecular weight excluding hydrogens is 414 g/mol. The molecule has 0 spiro atoms. The molecule has 1 aliphatic rings. The van der Waals surface area contributed by atoms with Crippen LogP contribution in [0.4, 0.5) is 0 Å². The van der Waals surface area contributed by atoms with Crippen LogP contribution in [0.5, 0.6) is 17.2 Å². The fourth-order valence-corrected chi connectivity index (χ4v) is 3.65. The van der Waals surface area contributed by atoms with E-state index in [2.05, 4.69) is 10.4 Å². The molecular formula is C23H27N3O6. The monoisotopic (exact) mass is 441 g/mol. The van der Waals surface area contributed by atoms with Crippen LogP contribution in [0.3, 0.4) is 0 Å². The number of hydrogen-bond acceptors (Lipinski definition) is 7. The van der Waals surface area contributed by atoms with Crippen molar-refractivity contribution in [3.05, 3.63) is 53.6 Å². The van der Waals surface area contributed by atoms with Gasteiger partial charge in [0.2, 0.25) is 11.7 Å². The summed E-state index contributed by atoms with van der Waals surface area (Å²) in [5.41, 5.74) is 2.16. The summed E-state index contributed by atoms with van der Waals surface area (Å²) in [6, 6.07) is 11.9. The molecule has 2 atom stereocenters. The number of aliphatic carboxylic acids is 1. The van der Waals surface area contributed by atoms with Gasteiger partial charge in [0.05, 0.1) is 27.0 Å². The zero-order chi connectivity index (χ0) is 23.3. The molecule has 0 aromatic heterocycles. The molecule has 0 fully saturated rings. The number of hydrogen-bond donors (Lipinski definition) is 2. The first-order valence-electron chi connectivity index (χ1n) is 10.1. The average Bonchev–Trinajstić information content (AvgIpc) is 3.22. The van der Waals surface area contributed by atoms with E-state index in [1.165, 1.54) is 33.3 Å². The zero-order valence-electron chi connectivity index (χ0n) is 18.5. The Hall–Kier alpha value is -3.59. The summed E-state index contributed by atoms with van der Waals surface area (Å²) in [6.45, 7) is 1.39. The van der Waals surface area contributed by atoms with Crippen LogP contribution < -0.4 is 19.5 Å². The first kappa shape index (κ1) is 23.1. The van der Waals surface area contributed by atoms with Crippen molar-refractivity contribution in [3.8, 4) is 17.2 Å². The second-order valence-corrected chi connectivity index (χ2v) is 7.29. The third kappa shape index (κ3) is 5.00. The summed E-state index contributed by atoms with van der Waals surface area (Å²) in [7, 11) is 4.55. The molecule has 9 heteroatoms. The van der Waals surface area contributed by atoms with Gasteiger partial charge in [-0.1, -0.05) is 30.3 Å². The number of carbonyl (C=O) groups excluding carboxylic acids is 1. The molecule has 1 amide bonds. The smallest absolute Gasteiger partial charge is 0.321 e. The van der Waals surface area contributed by atoms with E-state index < -0.39 is 18.2 Å². The molecule has 9 nitrogen and oxygen atoms in total. The van der Waals surface area contributed by atoms with Crippen LogP contribution in [0.15, 0.2) is 47.6 Å². The van der Waals surface area contributed by atoms with E-state index in [-0.39, 0.29) is 12.3 Å². The number of carboxylic acids is 1. The van der Waals surface area contributed by atoms with Crippen LogP contribution in [-0.2, 0) is 16.0 Å². The lowest BCUT2D eigenvalue weighted by molar-refractivity contribution is -0.141. The number of ether oxygens (including phenoxy) is 3.